The van der Waals surface area contributed by atoms with E-state index in [1.807, 2.05) is 0 Å². The summed E-state index contributed by atoms with van der Waals surface area (Å²) >= 11 is 5.50. The molecule has 5 heteroatoms. The summed E-state index contributed by atoms with van der Waals surface area (Å²) in [7, 11) is 0. The highest BCUT2D eigenvalue weighted by Crippen LogP contribution is 2.14. The van der Waals surface area contributed by atoms with E-state index in [1.54, 1.807) is 0 Å². The molecular weight excluding hydrogens is 230 g/mol. The smallest absolute Gasteiger partial charge is 0.269 e. The minimum Gasteiger partial charge on any atom is -0.294 e. The maximum atomic E-state index is 11.6. The molecule has 16 heavy (non-hydrogen) atoms. The number of carbonyl (C=O) groups excluding carboxylic acids is 1. The van der Waals surface area contributed by atoms with E-state index in [9.17, 15) is 14.9 Å². The summed E-state index contributed by atoms with van der Waals surface area (Å²) in [5, 5.41) is 10.4. The number of rotatable bonds is 6. The molecule has 4 nitrogen and oxygen atoms in total. The van der Waals surface area contributed by atoms with Crippen LogP contribution in [0, 0.1) is 10.1 Å². The van der Waals surface area contributed by atoms with Gasteiger partial charge in [0.1, 0.15) is 0 Å². The Balaban J connectivity index is 2.59. The summed E-state index contributed by atoms with van der Waals surface area (Å²) in [4.78, 5) is 21.5. The molecule has 1 rings (SSSR count). The molecule has 0 unspecified atom stereocenters. The van der Waals surface area contributed by atoms with Gasteiger partial charge in [0.25, 0.3) is 5.69 Å². The summed E-state index contributed by atoms with van der Waals surface area (Å²) < 4.78 is 0. The Labute approximate surface area is 98.4 Å². The summed E-state index contributed by atoms with van der Waals surface area (Å²) in [6, 6.07) is 5.66. The first-order valence-electron chi connectivity index (χ1n) is 4.99. The van der Waals surface area contributed by atoms with Gasteiger partial charge in [-0.05, 0) is 25.0 Å². The number of carbonyl (C=O) groups is 1. The topological polar surface area (TPSA) is 60.2 Å². The van der Waals surface area contributed by atoms with Crippen LogP contribution in [-0.4, -0.2) is 16.6 Å². The fraction of sp³-hybridized carbons (Fsp3) is 0.364. The summed E-state index contributed by atoms with van der Waals surface area (Å²) in [6.45, 7) is 0. The van der Waals surface area contributed by atoms with Crippen LogP contribution >= 0.6 is 11.6 Å². The van der Waals surface area contributed by atoms with Gasteiger partial charge in [-0.25, -0.2) is 0 Å². The van der Waals surface area contributed by atoms with Crippen molar-refractivity contribution in [2.24, 2.45) is 0 Å². The maximum Gasteiger partial charge on any atom is 0.269 e. The van der Waals surface area contributed by atoms with Gasteiger partial charge >= 0.3 is 0 Å². The van der Waals surface area contributed by atoms with Crippen LogP contribution in [0.15, 0.2) is 24.3 Å². The van der Waals surface area contributed by atoms with Crippen LogP contribution in [0.2, 0.25) is 0 Å². The van der Waals surface area contributed by atoms with Gasteiger partial charge in [-0.1, -0.05) is 0 Å². The quantitative estimate of drug-likeness (QED) is 0.253. The van der Waals surface area contributed by atoms with E-state index in [4.69, 9.17) is 11.6 Å². The van der Waals surface area contributed by atoms with E-state index in [0.29, 0.717) is 17.9 Å². The fourth-order valence-corrected chi connectivity index (χ4v) is 1.48. The predicted octanol–water partition coefficient (Wildman–Crippen LogP) is 3.19. The van der Waals surface area contributed by atoms with Crippen LogP contribution in [0.25, 0.3) is 0 Å². The molecule has 0 heterocycles. The Morgan fingerprint density at radius 2 is 1.88 bits per heavy atom. The molecule has 1 aromatic rings. The van der Waals surface area contributed by atoms with E-state index in [2.05, 4.69) is 0 Å². The molecule has 0 N–H and O–H groups in total. The van der Waals surface area contributed by atoms with Gasteiger partial charge in [0, 0.05) is 30.0 Å². The molecule has 0 bridgehead atoms. The number of Topliss-reactive ketones (excluding diaryl/α,β-unsaturated/α-hetero) is 1. The van der Waals surface area contributed by atoms with Gasteiger partial charge in [0.05, 0.1) is 4.92 Å². The lowest BCUT2D eigenvalue weighted by atomic mass is 10.1. The van der Waals surface area contributed by atoms with Gasteiger partial charge in [-0.15, -0.1) is 11.6 Å². The van der Waals surface area contributed by atoms with Crippen molar-refractivity contribution in [2.45, 2.75) is 19.3 Å². The number of halogens is 1. The maximum absolute atomic E-state index is 11.6. The molecule has 0 fully saturated rings. The Hall–Kier alpha value is -1.42. The van der Waals surface area contributed by atoms with Gasteiger partial charge in [0.2, 0.25) is 0 Å². The number of alkyl halides is 1. The highest BCUT2D eigenvalue weighted by atomic mass is 35.5. The standard InChI is InChI=1S/C11H12ClNO3/c12-8-2-1-3-11(14)9-4-6-10(7-5-9)13(15)16/h4-7H,1-3,8H2. The Bertz CT molecular complexity index is 375. The minimum atomic E-state index is -0.484. The van der Waals surface area contributed by atoms with Crippen LogP contribution in [0.4, 0.5) is 5.69 Å². The van der Waals surface area contributed by atoms with Crippen LogP contribution < -0.4 is 0 Å². The Morgan fingerprint density at radius 3 is 2.38 bits per heavy atom. The lowest BCUT2D eigenvalue weighted by molar-refractivity contribution is -0.384. The molecule has 0 amide bonds. The number of hydrogen-bond acceptors (Lipinski definition) is 3. The highest BCUT2D eigenvalue weighted by Gasteiger charge is 2.08. The Kier molecular flexibility index (Phi) is 4.92. The van der Waals surface area contributed by atoms with Crippen molar-refractivity contribution in [1.29, 1.82) is 0 Å². The molecule has 0 radical (unpaired) electrons. The zero-order valence-corrected chi connectivity index (χ0v) is 9.44. The molecule has 0 aromatic heterocycles. The number of ketones is 1. The first-order valence-corrected chi connectivity index (χ1v) is 5.52. The highest BCUT2D eigenvalue weighted by molar-refractivity contribution is 6.17. The summed E-state index contributed by atoms with van der Waals surface area (Å²) in [5.41, 5.74) is 0.512. The first-order chi connectivity index (χ1) is 7.65. The van der Waals surface area contributed by atoms with Gasteiger partial charge in [-0.2, -0.15) is 0 Å². The van der Waals surface area contributed by atoms with Crippen molar-refractivity contribution in [3.05, 3.63) is 39.9 Å². The molecule has 0 aliphatic rings. The largest absolute Gasteiger partial charge is 0.294 e. The number of non-ortho nitro benzene ring substituents is 1. The summed E-state index contributed by atoms with van der Waals surface area (Å²) in [5.74, 6) is 0.549. The zero-order valence-electron chi connectivity index (χ0n) is 8.69. The van der Waals surface area contributed by atoms with Crippen LogP contribution in [0.5, 0.6) is 0 Å². The average Bonchev–Trinajstić information content (AvgIpc) is 2.29. The normalized spacial score (nSPS) is 10.1. The van der Waals surface area contributed by atoms with Crippen molar-refractivity contribution in [3.8, 4) is 0 Å². The number of nitrogens with zero attached hydrogens (tertiary/aromatic N) is 1. The molecule has 86 valence electrons. The second-order valence-corrected chi connectivity index (χ2v) is 3.75. The monoisotopic (exact) mass is 241 g/mol. The van der Waals surface area contributed by atoms with Crippen molar-refractivity contribution < 1.29 is 9.72 Å². The van der Waals surface area contributed by atoms with E-state index in [1.165, 1.54) is 24.3 Å². The molecule has 0 aliphatic heterocycles. The van der Waals surface area contributed by atoms with E-state index in [0.717, 1.165) is 12.8 Å². The third-order valence-corrected chi connectivity index (χ3v) is 2.45. The molecule has 0 saturated heterocycles. The van der Waals surface area contributed by atoms with Gasteiger partial charge < -0.3 is 0 Å². The second kappa shape index (κ2) is 6.23. The minimum absolute atomic E-state index is 0.0000135. The molecule has 0 aliphatic carbocycles. The zero-order chi connectivity index (χ0) is 12.0. The van der Waals surface area contributed by atoms with E-state index in [-0.39, 0.29) is 11.5 Å². The molecular formula is C11H12ClNO3. The first kappa shape index (κ1) is 12.6. The fourth-order valence-electron chi connectivity index (χ4n) is 1.29. The van der Waals surface area contributed by atoms with E-state index >= 15 is 0 Å². The van der Waals surface area contributed by atoms with Crippen molar-refractivity contribution in [3.63, 3.8) is 0 Å². The van der Waals surface area contributed by atoms with E-state index < -0.39 is 4.92 Å². The van der Waals surface area contributed by atoms with Gasteiger partial charge in [0.15, 0.2) is 5.78 Å². The van der Waals surface area contributed by atoms with Crippen LogP contribution in [0.1, 0.15) is 29.6 Å². The summed E-state index contributed by atoms with van der Waals surface area (Å²) in [6.07, 6.45) is 1.99. The van der Waals surface area contributed by atoms with Gasteiger partial charge in [-0.3, -0.25) is 14.9 Å². The predicted molar refractivity (Wildman–Crippen MR) is 62.0 cm³/mol. The average molecular weight is 242 g/mol. The number of nitro groups is 1. The molecule has 0 spiro atoms. The number of hydrogen-bond donors (Lipinski definition) is 0. The number of benzene rings is 1. The van der Waals surface area contributed by atoms with Crippen LogP contribution in [0.3, 0.4) is 0 Å². The van der Waals surface area contributed by atoms with Crippen molar-refractivity contribution in [2.75, 3.05) is 5.88 Å². The molecule has 0 atom stereocenters. The third kappa shape index (κ3) is 3.62. The second-order valence-electron chi connectivity index (χ2n) is 3.37. The van der Waals surface area contributed by atoms with Crippen LogP contribution in [-0.2, 0) is 0 Å². The molecule has 1 aromatic carbocycles. The SMILES string of the molecule is O=C(CCCCCl)c1ccc([N+](=O)[O-])cc1. The third-order valence-electron chi connectivity index (χ3n) is 2.19. The number of unbranched alkanes of at least 4 members (excludes halogenated alkanes) is 1. The van der Waals surface area contributed by atoms with Crippen molar-refractivity contribution in [1.82, 2.24) is 0 Å². The Morgan fingerprint density at radius 1 is 1.25 bits per heavy atom. The lowest BCUT2D eigenvalue weighted by Gasteiger charge is -1.99. The van der Waals surface area contributed by atoms with Crippen molar-refractivity contribution >= 4 is 23.1 Å². The lowest BCUT2D eigenvalue weighted by Crippen LogP contribution is -1.99. The molecule has 0 saturated carbocycles. The number of nitro benzene ring substituents is 1.